The van der Waals surface area contributed by atoms with Crippen LogP contribution in [0.4, 0.5) is 34.4 Å². The van der Waals surface area contributed by atoms with E-state index in [1.165, 1.54) is 22.3 Å². The van der Waals surface area contributed by atoms with Gasteiger partial charge in [0.1, 0.15) is 23.3 Å². The third-order valence-electron chi connectivity index (χ3n) is 12.5. The van der Waals surface area contributed by atoms with Gasteiger partial charge in [0.2, 0.25) is 0 Å². The first kappa shape index (κ1) is 42.4. The number of nitriles is 1. The van der Waals surface area contributed by atoms with Crippen molar-refractivity contribution in [2.75, 3.05) is 9.80 Å². The highest BCUT2D eigenvalue weighted by Gasteiger charge is 2.25. The molecule has 0 saturated carbocycles. The van der Waals surface area contributed by atoms with Gasteiger partial charge in [-0.2, -0.15) is 5.26 Å². The fraction of sp³-hybridized carbons (Fsp3) is 0.281. The summed E-state index contributed by atoms with van der Waals surface area (Å²) in [6.07, 6.45) is 3.53. The van der Waals surface area contributed by atoms with E-state index in [0.29, 0.717) is 27.9 Å². The van der Waals surface area contributed by atoms with Crippen molar-refractivity contribution in [2.45, 2.75) is 105 Å². The number of anilines is 6. The van der Waals surface area contributed by atoms with Gasteiger partial charge >= 0.3 is 0 Å². The molecule has 0 radical (unpaired) electrons. The summed E-state index contributed by atoms with van der Waals surface area (Å²) >= 11 is 0. The predicted octanol–water partition coefficient (Wildman–Crippen LogP) is 16.3. The fourth-order valence-electron chi connectivity index (χ4n) is 8.54. The van der Waals surface area contributed by atoms with Crippen molar-refractivity contribution in [3.8, 4) is 6.07 Å². The maximum Gasteiger partial charge on any atom is 0.157 e. The van der Waals surface area contributed by atoms with Crippen LogP contribution < -0.4 is 9.80 Å². The van der Waals surface area contributed by atoms with Gasteiger partial charge in [0.25, 0.3) is 0 Å². The molecule has 0 aliphatic carbocycles. The molecule has 0 fully saturated rings. The Labute approximate surface area is 377 Å². The summed E-state index contributed by atoms with van der Waals surface area (Å²) in [4.78, 5) is 14.4. The summed E-state index contributed by atoms with van der Waals surface area (Å²) in [5.74, 6) is 1.46. The van der Waals surface area contributed by atoms with E-state index in [-0.39, 0.29) is 21.7 Å². The summed E-state index contributed by atoms with van der Waals surface area (Å²) in [5, 5.41) is 14.1. The maximum absolute atomic E-state index is 10.8. The molecule has 0 N–H and O–H groups in total. The first-order valence-electron chi connectivity index (χ1n) is 22.2. The molecule has 9 aromatic rings. The van der Waals surface area contributed by atoms with Gasteiger partial charge in [-0.15, -0.1) is 0 Å². The normalized spacial score (nSPS) is 12.7. The minimum Gasteiger partial charge on any atom is -0.453 e. The number of nitrogens with zero attached hydrogens (tertiary/aromatic N) is 5. The van der Waals surface area contributed by atoms with Gasteiger partial charge in [0, 0.05) is 44.3 Å². The zero-order chi connectivity index (χ0) is 45.5. The van der Waals surface area contributed by atoms with E-state index in [9.17, 15) is 5.26 Å². The molecule has 7 heteroatoms. The van der Waals surface area contributed by atoms with E-state index in [1.807, 2.05) is 0 Å². The lowest BCUT2D eigenvalue weighted by Crippen LogP contribution is -2.15. The van der Waals surface area contributed by atoms with Crippen molar-refractivity contribution in [3.63, 3.8) is 0 Å². The Kier molecular flexibility index (Phi) is 10.0. The molecule has 0 spiro atoms. The second kappa shape index (κ2) is 15.1. The SMILES string of the molecule is CC(C)(C)c1ccc(N(c2ccc(C(C)(C)C)cc2)c2cc3c(cn2)oc2c(C#N)c4oc5cnc(N(c6ccc(C(C)(C)C)cc6)c6ccc(C(C)(C)C)cc6)cc5c4cc23)cc1. The van der Waals surface area contributed by atoms with E-state index < -0.39 is 0 Å². The van der Waals surface area contributed by atoms with Gasteiger partial charge in [-0.3, -0.25) is 9.80 Å². The molecular weight excluding hydrogens is 787 g/mol. The average Bonchev–Trinajstić information content (AvgIpc) is 3.80. The highest BCUT2D eigenvalue weighted by molar-refractivity contribution is 6.18. The Morgan fingerprint density at radius 1 is 0.406 bits per heavy atom. The zero-order valence-corrected chi connectivity index (χ0v) is 39.2. The van der Waals surface area contributed by atoms with Crippen molar-refractivity contribution in [1.29, 1.82) is 5.26 Å². The van der Waals surface area contributed by atoms with Gasteiger partial charge in [-0.1, -0.05) is 132 Å². The Hall–Kier alpha value is -6.91. The molecule has 4 aromatic heterocycles. The molecule has 5 aromatic carbocycles. The molecule has 322 valence electrons. The number of aromatic nitrogens is 2. The number of hydrogen-bond donors (Lipinski definition) is 0. The van der Waals surface area contributed by atoms with E-state index in [1.54, 1.807) is 12.4 Å². The van der Waals surface area contributed by atoms with Crippen LogP contribution in [0.3, 0.4) is 0 Å². The van der Waals surface area contributed by atoms with Crippen LogP contribution in [0.2, 0.25) is 0 Å². The highest BCUT2D eigenvalue weighted by Crippen LogP contribution is 2.44. The minimum absolute atomic E-state index is 0.0101. The summed E-state index contributed by atoms with van der Waals surface area (Å²) in [6.45, 7) is 26.7. The molecule has 64 heavy (non-hydrogen) atoms. The van der Waals surface area contributed by atoms with Crippen molar-refractivity contribution < 1.29 is 8.83 Å². The molecule has 0 aliphatic rings. The number of fused-ring (bicyclic) bond motifs is 6. The molecule has 0 aliphatic heterocycles. The molecular formula is C57H57N5O2. The lowest BCUT2D eigenvalue weighted by atomic mass is 9.86. The van der Waals surface area contributed by atoms with Crippen LogP contribution in [0.15, 0.2) is 136 Å². The second-order valence-corrected chi connectivity index (χ2v) is 21.3. The van der Waals surface area contributed by atoms with Crippen LogP contribution in [-0.4, -0.2) is 9.97 Å². The lowest BCUT2D eigenvalue weighted by molar-refractivity contribution is 0.590. The van der Waals surface area contributed by atoms with Crippen LogP contribution in [-0.2, 0) is 21.7 Å². The first-order valence-corrected chi connectivity index (χ1v) is 22.2. The van der Waals surface area contributed by atoms with Crippen LogP contribution >= 0.6 is 0 Å². The molecule has 7 nitrogen and oxygen atoms in total. The number of hydrogen-bond acceptors (Lipinski definition) is 7. The van der Waals surface area contributed by atoms with Crippen LogP contribution in [0.25, 0.3) is 43.9 Å². The first-order chi connectivity index (χ1) is 30.2. The molecule has 0 unspecified atom stereocenters. The lowest BCUT2D eigenvalue weighted by Gasteiger charge is -2.27. The van der Waals surface area contributed by atoms with Gasteiger partial charge < -0.3 is 8.83 Å². The Balaban J connectivity index is 1.22. The fourth-order valence-corrected chi connectivity index (χ4v) is 8.54. The summed E-state index contributed by atoms with van der Waals surface area (Å²) < 4.78 is 13.0. The van der Waals surface area contributed by atoms with Crippen molar-refractivity contribution >= 4 is 78.3 Å². The molecule has 9 rings (SSSR count). The molecule has 0 bridgehead atoms. The molecule has 0 amide bonds. The van der Waals surface area contributed by atoms with Gasteiger partial charge in [-0.05, 0) is 111 Å². The van der Waals surface area contributed by atoms with Gasteiger partial charge in [0.15, 0.2) is 22.3 Å². The van der Waals surface area contributed by atoms with Crippen molar-refractivity contribution in [1.82, 2.24) is 9.97 Å². The highest BCUT2D eigenvalue weighted by atomic mass is 16.3. The number of benzene rings is 5. The maximum atomic E-state index is 10.8. The van der Waals surface area contributed by atoms with Gasteiger partial charge in [0.05, 0.1) is 12.4 Å². The quantitative estimate of drug-likeness (QED) is 0.165. The second-order valence-electron chi connectivity index (χ2n) is 21.3. The molecule has 0 saturated heterocycles. The minimum atomic E-state index is 0.0101. The van der Waals surface area contributed by atoms with Crippen molar-refractivity contribution in [2.24, 2.45) is 0 Å². The topological polar surface area (TPSA) is 82.3 Å². The van der Waals surface area contributed by atoms with Crippen LogP contribution in [0, 0.1) is 11.3 Å². The standard InChI is InChI=1S/C57H57N5O2/c1-54(2,3)35-13-21-39(22-14-35)61(40-23-15-36(16-24-40)55(4,5)6)50-30-43-45-29-46-44-31-51(60-34-49(44)64-53(46)47(32-58)52(45)63-48(43)33-59-50)62(41-25-17-37(18-26-41)56(7,8)9)42-27-19-38(20-28-42)57(10,11)12/h13-31,33-34H,1-12H3. The molecule has 0 atom stereocenters. The van der Waals surface area contributed by atoms with E-state index in [2.05, 4.69) is 214 Å². The van der Waals surface area contributed by atoms with E-state index in [4.69, 9.17) is 18.8 Å². The Morgan fingerprint density at radius 2 is 0.688 bits per heavy atom. The van der Waals surface area contributed by atoms with Crippen LogP contribution in [0.1, 0.15) is 111 Å². The Morgan fingerprint density at radius 3 is 0.938 bits per heavy atom. The van der Waals surface area contributed by atoms with E-state index >= 15 is 0 Å². The summed E-state index contributed by atoms with van der Waals surface area (Å²) in [7, 11) is 0. The smallest absolute Gasteiger partial charge is 0.157 e. The van der Waals surface area contributed by atoms with Crippen molar-refractivity contribution in [3.05, 3.63) is 155 Å². The van der Waals surface area contributed by atoms with E-state index in [0.717, 1.165) is 55.9 Å². The molecule has 4 heterocycles. The summed E-state index contributed by atoms with van der Waals surface area (Å²) in [6, 6.07) is 43.6. The number of furan rings is 2. The predicted molar refractivity (Wildman–Crippen MR) is 265 cm³/mol. The largest absolute Gasteiger partial charge is 0.453 e. The monoisotopic (exact) mass is 843 g/mol. The third kappa shape index (κ3) is 7.66. The summed E-state index contributed by atoms with van der Waals surface area (Å²) in [5.41, 5.74) is 11.4. The number of rotatable bonds is 6. The Bertz CT molecular complexity index is 2900. The average molecular weight is 844 g/mol. The number of pyridine rings is 2. The zero-order valence-electron chi connectivity index (χ0n) is 39.2. The third-order valence-corrected chi connectivity index (χ3v) is 12.5. The van der Waals surface area contributed by atoms with Crippen LogP contribution in [0.5, 0.6) is 0 Å². The van der Waals surface area contributed by atoms with Gasteiger partial charge in [-0.25, -0.2) is 9.97 Å².